The lowest BCUT2D eigenvalue weighted by Crippen LogP contribution is -1.90. The van der Waals surface area contributed by atoms with Crippen molar-refractivity contribution in [1.29, 1.82) is 0 Å². The van der Waals surface area contributed by atoms with Crippen LogP contribution in [-0.2, 0) is 0 Å². The monoisotopic (exact) mass is 257 g/mol. The Hall–Kier alpha value is -2.01. The Morgan fingerprint density at radius 2 is 1.83 bits per heavy atom. The van der Waals surface area contributed by atoms with Gasteiger partial charge in [-0.3, -0.25) is 4.98 Å². The molecule has 0 unspecified atom stereocenters. The predicted molar refractivity (Wildman–Crippen MR) is 71.8 cm³/mol. The normalized spacial score (nSPS) is 11.0. The zero-order valence-corrected chi connectivity index (χ0v) is 10.8. The number of aromatic hydroxyl groups is 1. The van der Waals surface area contributed by atoms with Crippen LogP contribution in [0.4, 0.5) is 0 Å². The van der Waals surface area contributed by atoms with Crippen LogP contribution in [0.25, 0.3) is 21.6 Å². The van der Waals surface area contributed by atoms with Gasteiger partial charge in [0.05, 0.1) is 5.52 Å². The van der Waals surface area contributed by atoms with E-state index in [1.807, 2.05) is 26.0 Å². The first-order chi connectivity index (χ1) is 8.66. The van der Waals surface area contributed by atoms with E-state index in [4.69, 9.17) is 0 Å². The average molecular weight is 257 g/mol. The molecule has 18 heavy (non-hydrogen) atoms. The molecule has 0 radical (unpaired) electrons. The van der Waals surface area contributed by atoms with Crippen molar-refractivity contribution < 1.29 is 5.11 Å². The number of hydrogen-bond donors (Lipinski definition) is 1. The molecular weight excluding hydrogens is 246 g/mol. The average Bonchev–Trinajstić information content (AvgIpc) is 2.68. The molecule has 3 rings (SSSR count). The molecular formula is C13H11N3OS. The van der Waals surface area contributed by atoms with E-state index in [-0.39, 0.29) is 5.88 Å². The third-order valence-electron chi connectivity index (χ3n) is 2.92. The van der Waals surface area contributed by atoms with Crippen molar-refractivity contribution in [2.75, 3.05) is 0 Å². The molecule has 0 saturated carbocycles. The molecule has 0 atom stereocenters. The van der Waals surface area contributed by atoms with Crippen molar-refractivity contribution in [2.45, 2.75) is 13.8 Å². The molecule has 3 aromatic rings. The highest BCUT2D eigenvalue weighted by molar-refractivity contribution is 7.19. The van der Waals surface area contributed by atoms with Gasteiger partial charge in [0.2, 0.25) is 5.88 Å². The van der Waals surface area contributed by atoms with Gasteiger partial charge in [-0.2, -0.15) is 4.98 Å². The first-order valence-corrected chi connectivity index (χ1v) is 6.35. The fraction of sp³-hybridized carbons (Fsp3) is 0.154. The Morgan fingerprint density at radius 1 is 1.11 bits per heavy atom. The summed E-state index contributed by atoms with van der Waals surface area (Å²) in [6, 6.07) is 3.66. The molecule has 0 fully saturated rings. The van der Waals surface area contributed by atoms with Crippen LogP contribution >= 0.6 is 11.3 Å². The van der Waals surface area contributed by atoms with Crippen LogP contribution in [0.5, 0.6) is 5.88 Å². The summed E-state index contributed by atoms with van der Waals surface area (Å²) >= 11 is 1.52. The van der Waals surface area contributed by atoms with Crippen molar-refractivity contribution in [1.82, 2.24) is 15.0 Å². The molecule has 0 spiro atoms. The van der Waals surface area contributed by atoms with E-state index >= 15 is 0 Å². The zero-order valence-electron chi connectivity index (χ0n) is 10.0. The van der Waals surface area contributed by atoms with E-state index in [0.29, 0.717) is 5.82 Å². The summed E-state index contributed by atoms with van der Waals surface area (Å²) in [4.78, 5) is 13.8. The maximum atomic E-state index is 9.99. The molecule has 0 saturated heterocycles. The lowest BCUT2D eigenvalue weighted by Gasteiger charge is -2.01. The molecule has 0 aliphatic rings. The second-order valence-corrected chi connectivity index (χ2v) is 5.29. The molecule has 4 nitrogen and oxygen atoms in total. The first-order valence-electron chi connectivity index (χ1n) is 5.54. The molecule has 0 aliphatic heterocycles. The van der Waals surface area contributed by atoms with Gasteiger partial charge in [0.15, 0.2) is 5.82 Å². The molecule has 3 aromatic heterocycles. The van der Waals surface area contributed by atoms with E-state index in [9.17, 15) is 5.11 Å². The number of thiophene rings is 1. The second-order valence-electron chi connectivity index (χ2n) is 4.07. The van der Waals surface area contributed by atoms with Gasteiger partial charge in [-0.15, -0.1) is 11.3 Å². The van der Waals surface area contributed by atoms with Crippen molar-refractivity contribution >= 4 is 21.6 Å². The summed E-state index contributed by atoms with van der Waals surface area (Å²) in [5.41, 5.74) is 2.78. The second kappa shape index (κ2) is 4.03. The van der Waals surface area contributed by atoms with Gasteiger partial charge in [-0.1, -0.05) is 0 Å². The molecule has 90 valence electrons. The van der Waals surface area contributed by atoms with Crippen LogP contribution < -0.4 is 0 Å². The van der Waals surface area contributed by atoms with Crippen molar-refractivity contribution in [2.24, 2.45) is 0 Å². The minimum absolute atomic E-state index is 0.0491. The number of aromatic nitrogens is 3. The van der Waals surface area contributed by atoms with E-state index in [2.05, 4.69) is 15.0 Å². The van der Waals surface area contributed by atoms with Gasteiger partial charge in [0.1, 0.15) is 4.70 Å². The third kappa shape index (κ3) is 1.64. The maximum Gasteiger partial charge on any atom is 0.232 e. The summed E-state index contributed by atoms with van der Waals surface area (Å²) in [7, 11) is 0. The fourth-order valence-electron chi connectivity index (χ4n) is 1.81. The van der Waals surface area contributed by atoms with E-state index in [0.717, 1.165) is 26.2 Å². The lowest BCUT2D eigenvalue weighted by molar-refractivity contribution is 0.461. The summed E-state index contributed by atoms with van der Waals surface area (Å²) in [5.74, 6) is 0.580. The quantitative estimate of drug-likeness (QED) is 0.727. The molecule has 5 heteroatoms. The molecule has 3 heterocycles. The van der Waals surface area contributed by atoms with Gasteiger partial charge in [-0.25, -0.2) is 4.98 Å². The highest BCUT2D eigenvalue weighted by Gasteiger charge is 2.14. The number of hydrogen-bond acceptors (Lipinski definition) is 5. The van der Waals surface area contributed by atoms with Crippen LogP contribution in [0.3, 0.4) is 0 Å². The largest absolute Gasteiger partial charge is 0.492 e. The van der Waals surface area contributed by atoms with Crippen LogP contribution in [-0.4, -0.2) is 20.1 Å². The van der Waals surface area contributed by atoms with Crippen molar-refractivity contribution in [3.05, 3.63) is 35.0 Å². The Bertz CT molecular complexity index is 722. The highest BCUT2D eigenvalue weighted by Crippen LogP contribution is 2.35. The standard InChI is InChI=1S/C13H11N3OS/c1-7-8(2)18-11-10(7)15-12(16-13(11)17)9-3-5-14-6-4-9/h3-6H,1-2H3,(H,15,16,17). The summed E-state index contributed by atoms with van der Waals surface area (Å²) < 4.78 is 0.753. The number of fused-ring (bicyclic) bond motifs is 1. The van der Waals surface area contributed by atoms with E-state index < -0.39 is 0 Å². The lowest BCUT2D eigenvalue weighted by atomic mass is 10.2. The highest BCUT2D eigenvalue weighted by atomic mass is 32.1. The van der Waals surface area contributed by atoms with E-state index in [1.54, 1.807) is 12.4 Å². The third-order valence-corrected chi connectivity index (χ3v) is 4.12. The molecule has 0 bridgehead atoms. The molecule has 0 aliphatic carbocycles. The van der Waals surface area contributed by atoms with Crippen LogP contribution in [0, 0.1) is 13.8 Å². The van der Waals surface area contributed by atoms with Gasteiger partial charge in [0.25, 0.3) is 0 Å². The minimum Gasteiger partial charge on any atom is -0.492 e. The van der Waals surface area contributed by atoms with Crippen LogP contribution in [0.2, 0.25) is 0 Å². The number of nitrogens with zero attached hydrogens (tertiary/aromatic N) is 3. The maximum absolute atomic E-state index is 9.99. The first kappa shape index (κ1) is 11.1. The minimum atomic E-state index is 0.0491. The predicted octanol–water partition coefficient (Wildman–Crippen LogP) is 3.08. The van der Waals surface area contributed by atoms with Crippen LogP contribution in [0.1, 0.15) is 10.4 Å². The molecule has 0 amide bonds. The summed E-state index contributed by atoms with van der Waals surface area (Å²) in [6.07, 6.45) is 3.37. The molecule has 1 N–H and O–H groups in total. The van der Waals surface area contributed by atoms with Gasteiger partial charge in [0, 0.05) is 22.8 Å². The summed E-state index contributed by atoms with van der Waals surface area (Å²) in [5, 5.41) is 9.99. The number of rotatable bonds is 1. The Morgan fingerprint density at radius 3 is 2.56 bits per heavy atom. The van der Waals surface area contributed by atoms with E-state index in [1.165, 1.54) is 11.3 Å². The zero-order chi connectivity index (χ0) is 12.7. The van der Waals surface area contributed by atoms with Crippen LogP contribution in [0.15, 0.2) is 24.5 Å². The number of aryl methyl sites for hydroxylation is 2. The Balaban J connectivity index is 2.30. The fourth-order valence-corrected chi connectivity index (χ4v) is 2.80. The van der Waals surface area contributed by atoms with Gasteiger partial charge >= 0.3 is 0 Å². The SMILES string of the molecule is Cc1sc2c(O)nc(-c3ccncc3)nc2c1C. The number of pyridine rings is 1. The topological polar surface area (TPSA) is 58.9 Å². The molecule has 0 aromatic carbocycles. The van der Waals surface area contributed by atoms with Crippen molar-refractivity contribution in [3.8, 4) is 17.3 Å². The summed E-state index contributed by atoms with van der Waals surface area (Å²) in [6.45, 7) is 4.03. The smallest absolute Gasteiger partial charge is 0.232 e. The van der Waals surface area contributed by atoms with Gasteiger partial charge < -0.3 is 5.11 Å². The Labute approximate surface area is 108 Å². The van der Waals surface area contributed by atoms with Crippen molar-refractivity contribution in [3.63, 3.8) is 0 Å². The van der Waals surface area contributed by atoms with Gasteiger partial charge in [-0.05, 0) is 31.5 Å². The Kier molecular flexibility index (Phi) is 2.48.